The van der Waals surface area contributed by atoms with E-state index in [0.717, 1.165) is 16.7 Å². The molecule has 1 aromatic heterocycles. The van der Waals surface area contributed by atoms with Crippen molar-refractivity contribution >= 4 is 11.8 Å². The Hall–Kier alpha value is -3.73. The van der Waals surface area contributed by atoms with Crippen LogP contribution in [0.1, 0.15) is 15.9 Å². The predicted octanol–water partition coefficient (Wildman–Crippen LogP) is 4.08. The van der Waals surface area contributed by atoms with Gasteiger partial charge in [0.05, 0.1) is 5.92 Å². The maximum absolute atomic E-state index is 13.3. The predicted molar refractivity (Wildman–Crippen MR) is 126 cm³/mol. The third-order valence-corrected chi connectivity index (χ3v) is 5.80. The number of carbonyl (C=O) groups excluding carboxylic acids is 2. The third kappa shape index (κ3) is 4.94. The van der Waals surface area contributed by atoms with Gasteiger partial charge in [0.25, 0.3) is 5.91 Å². The Bertz CT molecular complexity index is 1080. The fourth-order valence-corrected chi connectivity index (χ4v) is 4.18. The van der Waals surface area contributed by atoms with Crippen molar-refractivity contribution in [1.29, 1.82) is 0 Å². The number of nitrogens with zero attached hydrogens (tertiary/aromatic N) is 3. The average Bonchev–Trinajstić information content (AvgIpc) is 2.99. The van der Waals surface area contributed by atoms with E-state index in [0.29, 0.717) is 38.2 Å². The van der Waals surface area contributed by atoms with Crippen LogP contribution in [0.25, 0.3) is 11.1 Å². The second kappa shape index (κ2) is 10.1. The van der Waals surface area contributed by atoms with Crippen LogP contribution in [0.3, 0.4) is 0 Å². The largest absolute Gasteiger partial charge is 0.337 e. The van der Waals surface area contributed by atoms with Gasteiger partial charge in [0, 0.05) is 44.1 Å². The Morgan fingerprint density at radius 1 is 1.03 bits per heavy atom. The van der Waals surface area contributed by atoms with Crippen molar-refractivity contribution in [2.45, 2.75) is 6.42 Å². The van der Waals surface area contributed by atoms with Crippen LogP contribution in [0.2, 0.25) is 0 Å². The van der Waals surface area contributed by atoms with E-state index in [1.807, 2.05) is 71.8 Å². The minimum absolute atomic E-state index is 0.0343. The molecule has 2 amide bonds. The fraction of sp³-hybridized carbons (Fsp3) is 0.222. The molecular formula is C27H27N3O2. The Balaban J connectivity index is 1.59. The normalized spacial score (nSPS) is 16.5. The standard InChI is InChI=1S/C27H27N3O2/c1-2-14-29-15-16-30(26(31)22-9-4-3-5-10-22)20-25(27(29)32)18-21-8-6-11-23(17-21)24-12-7-13-28-19-24/h2-13,17,19,25H,1,14-16,18,20H2/t25-/m0/s1. The molecule has 1 aliphatic rings. The summed E-state index contributed by atoms with van der Waals surface area (Å²) in [5.74, 6) is -0.276. The van der Waals surface area contributed by atoms with Gasteiger partial charge in [-0.15, -0.1) is 6.58 Å². The lowest BCUT2D eigenvalue weighted by Gasteiger charge is -2.24. The molecule has 0 bridgehead atoms. The topological polar surface area (TPSA) is 53.5 Å². The highest BCUT2D eigenvalue weighted by Gasteiger charge is 2.32. The van der Waals surface area contributed by atoms with Crippen molar-refractivity contribution < 1.29 is 9.59 Å². The van der Waals surface area contributed by atoms with Crippen LogP contribution in [0.15, 0.2) is 91.8 Å². The van der Waals surface area contributed by atoms with E-state index in [4.69, 9.17) is 0 Å². The Morgan fingerprint density at radius 2 is 1.84 bits per heavy atom. The van der Waals surface area contributed by atoms with E-state index < -0.39 is 0 Å². The summed E-state index contributed by atoms with van der Waals surface area (Å²) in [6.45, 7) is 5.70. The maximum atomic E-state index is 13.3. The summed E-state index contributed by atoms with van der Waals surface area (Å²) in [5.41, 5.74) is 3.82. The molecule has 3 aromatic rings. The molecule has 0 N–H and O–H groups in total. The summed E-state index contributed by atoms with van der Waals surface area (Å²) in [4.78, 5) is 34.3. The van der Waals surface area contributed by atoms with E-state index in [1.165, 1.54) is 0 Å². The van der Waals surface area contributed by atoms with Crippen molar-refractivity contribution in [1.82, 2.24) is 14.8 Å². The number of amides is 2. The van der Waals surface area contributed by atoms with Crippen LogP contribution in [-0.2, 0) is 11.2 Å². The van der Waals surface area contributed by atoms with E-state index in [-0.39, 0.29) is 17.7 Å². The zero-order valence-corrected chi connectivity index (χ0v) is 18.1. The number of pyridine rings is 1. The van der Waals surface area contributed by atoms with Gasteiger partial charge >= 0.3 is 0 Å². The monoisotopic (exact) mass is 425 g/mol. The van der Waals surface area contributed by atoms with Gasteiger partial charge in [-0.2, -0.15) is 0 Å². The van der Waals surface area contributed by atoms with Gasteiger partial charge in [0.1, 0.15) is 0 Å². The molecule has 0 radical (unpaired) electrons. The Morgan fingerprint density at radius 3 is 2.59 bits per heavy atom. The SMILES string of the molecule is C=CCN1CCN(C(=O)c2ccccc2)C[C@H](Cc2cccc(-c3cccnc3)c2)C1=O. The summed E-state index contributed by atoms with van der Waals surface area (Å²) in [5, 5.41) is 0. The van der Waals surface area contributed by atoms with Crippen LogP contribution in [-0.4, -0.2) is 52.8 Å². The second-order valence-electron chi connectivity index (χ2n) is 8.03. The van der Waals surface area contributed by atoms with Crippen molar-refractivity contribution in [3.8, 4) is 11.1 Å². The van der Waals surface area contributed by atoms with Crippen LogP contribution in [0.4, 0.5) is 0 Å². The van der Waals surface area contributed by atoms with Crippen LogP contribution < -0.4 is 0 Å². The summed E-state index contributed by atoms with van der Waals surface area (Å²) in [6.07, 6.45) is 5.90. The van der Waals surface area contributed by atoms with Crippen molar-refractivity contribution in [3.05, 3.63) is 103 Å². The average molecular weight is 426 g/mol. The van der Waals surface area contributed by atoms with E-state index >= 15 is 0 Å². The molecule has 5 heteroatoms. The number of hydrogen-bond acceptors (Lipinski definition) is 3. The molecule has 2 aromatic carbocycles. The molecular weight excluding hydrogens is 398 g/mol. The maximum Gasteiger partial charge on any atom is 0.253 e. The number of carbonyl (C=O) groups is 2. The van der Waals surface area contributed by atoms with Gasteiger partial charge in [-0.1, -0.05) is 54.6 Å². The first kappa shape index (κ1) is 21.5. The molecule has 0 unspecified atom stereocenters. The molecule has 2 heterocycles. The lowest BCUT2D eigenvalue weighted by Crippen LogP contribution is -2.38. The Labute approximate surface area is 189 Å². The molecule has 1 fully saturated rings. The molecule has 0 saturated carbocycles. The molecule has 1 aliphatic heterocycles. The molecule has 1 atom stereocenters. The van der Waals surface area contributed by atoms with Gasteiger partial charge in [-0.25, -0.2) is 0 Å². The van der Waals surface area contributed by atoms with Crippen molar-refractivity contribution in [2.75, 3.05) is 26.2 Å². The van der Waals surface area contributed by atoms with Gasteiger partial charge in [-0.05, 0) is 41.3 Å². The smallest absolute Gasteiger partial charge is 0.253 e. The van der Waals surface area contributed by atoms with E-state index in [9.17, 15) is 9.59 Å². The van der Waals surface area contributed by atoms with E-state index in [1.54, 1.807) is 17.2 Å². The minimum atomic E-state index is -0.311. The highest BCUT2D eigenvalue weighted by Crippen LogP contribution is 2.23. The summed E-state index contributed by atoms with van der Waals surface area (Å²) in [7, 11) is 0. The summed E-state index contributed by atoms with van der Waals surface area (Å²) < 4.78 is 0. The van der Waals surface area contributed by atoms with Gasteiger partial charge in [0.15, 0.2) is 0 Å². The first-order chi connectivity index (χ1) is 15.7. The zero-order valence-electron chi connectivity index (χ0n) is 18.1. The lowest BCUT2D eigenvalue weighted by atomic mass is 9.95. The van der Waals surface area contributed by atoms with Crippen LogP contribution in [0, 0.1) is 5.92 Å². The molecule has 4 rings (SSSR count). The third-order valence-electron chi connectivity index (χ3n) is 5.80. The van der Waals surface area contributed by atoms with Crippen molar-refractivity contribution in [3.63, 3.8) is 0 Å². The molecule has 1 saturated heterocycles. The highest BCUT2D eigenvalue weighted by molar-refractivity contribution is 5.94. The van der Waals surface area contributed by atoms with Gasteiger partial charge < -0.3 is 9.80 Å². The van der Waals surface area contributed by atoms with Gasteiger partial charge in [-0.3, -0.25) is 14.6 Å². The second-order valence-corrected chi connectivity index (χ2v) is 8.03. The van der Waals surface area contributed by atoms with Gasteiger partial charge in [0.2, 0.25) is 5.91 Å². The molecule has 0 spiro atoms. The molecule has 0 aliphatic carbocycles. The fourth-order valence-electron chi connectivity index (χ4n) is 4.18. The first-order valence-corrected chi connectivity index (χ1v) is 10.9. The number of rotatable bonds is 6. The molecule has 5 nitrogen and oxygen atoms in total. The quantitative estimate of drug-likeness (QED) is 0.559. The molecule has 162 valence electrons. The summed E-state index contributed by atoms with van der Waals surface area (Å²) in [6, 6.07) is 21.4. The number of benzene rings is 2. The zero-order chi connectivity index (χ0) is 22.3. The Kier molecular flexibility index (Phi) is 6.75. The first-order valence-electron chi connectivity index (χ1n) is 10.9. The van der Waals surface area contributed by atoms with E-state index in [2.05, 4.69) is 17.6 Å². The molecule has 32 heavy (non-hydrogen) atoms. The van der Waals surface area contributed by atoms with Crippen molar-refractivity contribution in [2.24, 2.45) is 5.92 Å². The van der Waals surface area contributed by atoms with Crippen LogP contribution >= 0.6 is 0 Å². The minimum Gasteiger partial charge on any atom is -0.337 e. The van der Waals surface area contributed by atoms with Crippen LogP contribution in [0.5, 0.6) is 0 Å². The highest BCUT2D eigenvalue weighted by atomic mass is 16.2. The number of aromatic nitrogens is 1. The summed E-state index contributed by atoms with van der Waals surface area (Å²) >= 11 is 0. The number of hydrogen-bond donors (Lipinski definition) is 0. The lowest BCUT2D eigenvalue weighted by molar-refractivity contribution is -0.134.